The number of likely N-dealkylation sites (tertiary alicyclic amines) is 1. The number of nitrogens with zero attached hydrogens (tertiary/aromatic N) is 1. The number of piperidine rings is 1. The average Bonchev–Trinajstić information content (AvgIpc) is 2.71. The molecule has 20 heavy (non-hydrogen) atoms. The van der Waals surface area contributed by atoms with Crippen molar-refractivity contribution < 1.29 is 28.1 Å². The SMILES string of the molecule is CN1C2c3ccc(C(F)(F)F)cc3OC2CCC1(O)O. The van der Waals surface area contributed by atoms with Crippen molar-refractivity contribution in [1.29, 1.82) is 0 Å². The van der Waals surface area contributed by atoms with Gasteiger partial charge in [0.1, 0.15) is 11.9 Å². The van der Waals surface area contributed by atoms with Gasteiger partial charge >= 0.3 is 6.18 Å². The number of ether oxygens (including phenoxy) is 1. The Balaban J connectivity index is 2.00. The van der Waals surface area contributed by atoms with E-state index in [1.807, 2.05) is 0 Å². The minimum atomic E-state index is -4.42. The molecule has 2 heterocycles. The fraction of sp³-hybridized carbons (Fsp3) is 0.538. The van der Waals surface area contributed by atoms with Gasteiger partial charge in [0.05, 0.1) is 11.6 Å². The lowest BCUT2D eigenvalue weighted by Crippen LogP contribution is -2.54. The summed E-state index contributed by atoms with van der Waals surface area (Å²) in [6.45, 7) is 0. The van der Waals surface area contributed by atoms with Crippen molar-refractivity contribution in [2.75, 3.05) is 7.05 Å². The van der Waals surface area contributed by atoms with Gasteiger partial charge in [-0.2, -0.15) is 13.2 Å². The van der Waals surface area contributed by atoms with Crippen LogP contribution in [0.4, 0.5) is 13.2 Å². The molecular weight excluding hydrogens is 275 g/mol. The molecule has 2 N–H and O–H groups in total. The second-order valence-electron chi connectivity index (χ2n) is 5.28. The van der Waals surface area contributed by atoms with Crippen LogP contribution in [0, 0.1) is 0 Å². The molecule has 0 bridgehead atoms. The second-order valence-corrected chi connectivity index (χ2v) is 5.28. The first-order valence-corrected chi connectivity index (χ1v) is 6.25. The predicted octanol–water partition coefficient (Wildman–Crippen LogP) is 1.87. The molecule has 2 aliphatic rings. The molecule has 2 aliphatic heterocycles. The van der Waals surface area contributed by atoms with Crippen molar-refractivity contribution in [2.45, 2.75) is 37.1 Å². The Hall–Kier alpha value is -1.31. The van der Waals surface area contributed by atoms with Crippen LogP contribution >= 0.6 is 0 Å². The zero-order valence-electron chi connectivity index (χ0n) is 10.7. The number of rotatable bonds is 0. The number of alkyl halides is 3. The molecule has 0 amide bonds. The minimum absolute atomic E-state index is 0.0881. The molecule has 7 heteroatoms. The molecule has 0 aromatic heterocycles. The van der Waals surface area contributed by atoms with E-state index in [4.69, 9.17) is 4.74 Å². The molecule has 4 nitrogen and oxygen atoms in total. The highest BCUT2D eigenvalue weighted by atomic mass is 19.4. The van der Waals surface area contributed by atoms with Crippen LogP contribution in [0.2, 0.25) is 0 Å². The first kappa shape index (κ1) is 13.7. The molecular formula is C13H14F3NO3. The lowest BCUT2D eigenvalue weighted by molar-refractivity contribution is -0.293. The molecule has 3 rings (SSSR count). The number of hydrogen-bond donors (Lipinski definition) is 2. The van der Waals surface area contributed by atoms with Crippen LogP contribution in [0.1, 0.15) is 30.0 Å². The molecule has 2 unspecified atom stereocenters. The van der Waals surface area contributed by atoms with E-state index in [1.165, 1.54) is 18.0 Å². The van der Waals surface area contributed by atoms with E-state index in [0.717, 1.165) is 12.1 Å². The van der Waals surface area contributed by atoms with Gasteiger partial charge in [-0.3, -0.25) is 0 Å². The smallest absolute Gasteiger partial charge is 0.416 e. The predicted molar refractivity (Wildman–Crippen MR) is 62.8 cm³/mol. The Bertz CT molecular complexity index is 544. The first-order valence-electron chi connectivity index (χ1n) is 6.25. The maximum atomic E-state index is 12.7. The van der Waals surface area contributed by atoms with Gasteiger partial charge in [-0.1, -0.05) is 6.07 Å². The van der Waals surface area contributed by atoms with Gasteiger partial charge in [0, 0.05) is 12.0 Å². The van der Waals surface area contributed by atoms with Gasteiger partial charge in [0.25, 0.3) is 0 Å². The third kappa shape index (κ3) is 1.97. The molecule has 2 atom stereocenters. The van der Waals surface area contributed by atoms with Gasteiger partial charge in [0.15, 0.2) is 0 Å². The van der Waals surface area contributed by atoms with Crippen LogP contribution in [0.3, 0.4) is 0 Å². The van der Waals surface area contributed by atoms with E-state index >= 15 is 0 Å². The Morgan fingerprint density at radius 2 is 2.05 bits per heavy atom. The maximum Gasteiger partial charge on any atom is 0.416 e. The fourth-order valence-electron chi connectivity index (χ4n) is 2.89. The highest BCUT2D eigenvalue weighted by molar-refractivity contribution is 5.44. The van der Waals surface area contributed by atoms with Gasteiger partial charge in [0.2, 0.25) is 5.91 Å². The van der Waals surface area contributed by atoms with E-state index in [2.05, 4.69) is 0 Å². The van der Waals surface area contributed by atoms with E-state index in [0.29, 0.717) is 12.0 Å². The zero-order chi connectivity index (χ0) is 14.7. The van der Waals surface area contributed by atoms with Crippen LogP contribution in [-0.2, 0) is 6.18 Å². The summed E-state index contributed by atoms with van der Waals surface area (Å²) >= 11 is 0. The monoisotopic (exact) mass is 289 g/mol. The summed E-state index contributed by atoms with van der Waals surface area (Å²) in [6.07, 6.45) is -4.32. The van der Waals surface area contributed by atoms with Crippen molar-refractivity contribution in [1.82, 2.24) is 4.90 Å². The van der Waals surface area contributed by atoms with Crippen molar-refractivity contribution >= 4 is 0 Å². The first-order chi connectivity index (χ1) is 9.20. The van der Waals surface area contributed by atoms with Crippen LogP contribution in [-0.4, -0.2) is 34.2 Å². The Labute approximate surface area is 113 Å². The molecule has 0 radical (unpaired) electrons. The highest BCUT2D eigenvalue weighted by Crippen LogP contribution is 2.48. The van der Waals surface area contributed by atoms with Crippen LogP contribution < -0.4 is 4.74 Å². The Morgan fingerprint density at radius 1 is 1.35 bits per heavy atom. The van der Waals surface area contributed by atoms with Crippen molar-refractivity contribution in [3.63, 3.8) is 0 Å². The van der Waals surface area contributed by atoms with Crippen LogP contribution in [0.25, 0.3) is 0 Å². The number of benzene rings is 1. The van der Waals surface area contributed by atoms with Crippen molar-refractivity contribution in [3.05, 3.63) is 29.3 Å². The second kappa shape index (κ2) is 4.09. The van der Waals surface area contributed by atoms with Crippen molar-refractivity contribution in [3.8, 4) is 5.75 Å². The molecule has 1 aromatic rings. The van der Waals surface area contributed by atoms with E-state index in [-0.39, 0.29) is 18.3 Å². The highest BCUT2D eigenvalue weighted by Gasteiger charge is 2.49. The Morgan fingerprint density at radius 3 is 2.70 bits per heavy atom. The molecule has 0 spiro atoms. The van der Waals surface area contributed by atoms with Gasteiger partial charge in [-0.15, -0.1) is 0 Å². The van der Waals surface area contributed by atoms with Gasteiger partial charge < -0.3 is 14.9 Å². The quantitative estimate of drug-likeness (QED) is 0.716. The lowest BCUT2D eigenvalue weighted by Gasteiger charge is -2.42. The minimum Gasteiger partial charge on any atom is -0.488 e. The summed E-state index contributed by atoms with van der Waals surface area (Å²) in [5.74, 6) is -1.80. The Kier molecular flexibility index (Phi) is 2.80. The zero-order valence-corrected chi connectivity index (χ0v) is 10.7. The summed E-state index contributed by atoms with van der Waals surface area (Å²) in [6, 6.07) is 2.86. The standard InChI is InChI=1S/C13H14F3NO3/c1-17-11-8-3-2-7(13(14,15)16)6-10(8)20-9(11)4-5-12(17,18)19/h2-3,6,9,11,18-19H,4-5H2,1H3. The van der Waals surface area contributed by atoms with E-state index < -0.39 is 23.7 Å². The number of hydrogen-bond acceptors (Lipinski definition) is 4. The average molecular weight is 289 g/mol. The molecule has 0 saturated carbocycles. The number of aliphatic hydroxyl groups is 2. The third-order valence-corrected chi connectivity index (χ3v) is 4.04. The topological polar surface area (TPSA) is 52.9 Å². The van der Waals surface area contributed by atoms with Crippen molar-refractivity contribution in [2.24, 2.45) is 0 Å². The summed E-state index contributed by atoms with van der Waals surface area (Å²) in [7, 11) is 1.52. The number of likely N-dealkylation sites (N-methyl/N-ethyl adjacent to an activating group) is 1. The van der Waals surface area contributed by atoms with Gasteiger partial charge in [-0.05, 0) is 25.6 Å². The summed E-state index contributed by atoms with van der Waals surface area (Å²) < 4.78 is 43.6. The fourth-order valence-corrected chi connectivity index (χ4v) is 2.89. The molecule has 1 saturated heterocycles. The molecule has 110 valence electrons. The summed E-state index contributed by atoms with van der Waals surface area (Å²) in [4.78, 5) is 1.33. The molecule has 1 aromatic carbocycles. The summed E-state index contributed by atoms with van der Waals surface area (Å²) in [5.41, 5.74) is -0.213. The third-order valence-electron chi connectivity index (χ3n) is 4.04. The largest absolute Gasteiger partial charge is 0.488 e. The van der Waals surface area contributed by atoms with E-state index in [9.17, 15) is 23.4 Å². The van der Waals surface area contributed by atoms with E-state index in [1.54, 1.807) is 0 Å². The lowest BCUT2D eigenvalue weighted by atomic mass is 9.92. The van der Waals surface area contributed by atoms with Gasteiger partial charge in [-0.25, -0.2) is 4.90 Å². The normalized spacial score (nSPS) is 28.7. The number of fused-ring (bicyclic) bond motifs is 3. The maximum absolute atomic E-state index is 12.7. The molecule has 1 fully saturated rings. The summed E-state index contributed by atoms with van der Waals surface area (Å²) in [5, 5.41) is 19.7. The van der Waals surface area contributed by atoms with Crippen LogP contribution in [0.15, 0.2) is 18.2 Å². The molecule has 0 aliphatic carbocycles. The number of halogens is 3. The van der Waals surface area contributed by atoms with Crippen LogP contribution in [0.5, 0.6) is 5.75 Å².